The van der Waals surface area contributed by atoms with Crippen LogP contribution in [-0.4, -0.2) is 24.2 Å². The zero-order valence-electron chi connectivity index (χ0n) is 13.1. The quantitative estimate of drug-likeness (QED) is 0.579. The summed E-state index contributed by atoms with van der Waals surface area (Å²) < 4.78 is 0. The topological polar surface area (TPSA) is 86.2 Å². The molecule has 0 aromatic heterocycles. The number of carbonyl (C=O) groups excluding carboxylic acids is 2. The van der Waals surface area contributed by atoms with Crippen molar-refractivity contribution in [3.05, 3.63) is 71.3 Å². The predicted molar refractivity (Wildman–Crippen MR) is 91.5 cm³/mol. The molecule has 0 unspecified atom stereocenters. The summed E-state index contributed by atoms with van der Waals surface area (Å²) in [5.41, 5.74) is 12.8. The van der Waals surface area contributed by atoms with Crippen molar-refractivity contribution in [2.45, 2.75) is 25.3 Å². The van der Waals surface area contributed by atoms with E-state index in [1.165, 1.54) is 0 Å². The average molecular weight is 310 g/mol. The highest BCUT2D eigenvalue weighted by atomic mass is 16.1. The maximum Gasteiger partial charge on any atom is 0.193 e. The van der Waals surface area contributed by atoms with Crippen molar-refractivity contribution in [2.75, 3.05) is 6.54 Å². The monoisotopic (exact) mass is 310 g/mol. The summed E-state index contributed by atoms with van der Waals surface area (Å²) in [7, 11) is 0. The lowest BCUT2D eigenvalue weighted by Crippen LogP contribution is -2.31. The zero-order chi connectivity index (χ0) is 16.7. The number of unbranched alkanes of at least 4 members (excludes halogenated alkanes) is 1. The molecule has 2 aromatic rings. The van der Waals surface area contributed by atoms with Crippen LogP contribution in [0.3, 0.4) is 0 Å². The van der Waals surface area contributed by atoms with Crippen LogP contribution in [-0.2, 0) is 0 Å². The van der Waals surface area contributed by atoms with Gasteiger partial charge in [-0.3, -0.25) is 9.59 Å². The Balaban J connectivity index is 2.23. The molecule has 0 aliphatic carbocycles. The van der Waals surface area contributed by atoms with E-state index in [-0.39, 0.29) is 11.6 Å². The van der Waals surface area contributed by atoms with E-state index in [0.717, 1.165) is 12.8 Å². The van der Waals surface area contributed by atoms with Crippen molar-refractivity contribution in [2.24, 2.45) is 11.5 Å². The molecule has 0 heterocycles. The summed E-state index contributed by atoms with van der Waals surface area (Å²) in [4.78, 5) is 25.2. The van der Waals surface area contributed by atoms with Crippen LogP contribution in [0.4, 0.5) is 0 Å². The van der Waals surface area contributed by atoms with Gasteiger partial charge in [-0.1, -0.05) is 61.0 Å². The first-order valence-corrected chi connectivity index (χ1v) is 7.83. The van der Waals surface area contributed by atoms with E-state index in [9.17, 15) is 9.59 Å². The molecule has 1 atom stereocenters. The van der Waals surface area contributed by atoms with E-state index in [2.05, 4.69) is 0 Å². The summed E-state index contributed by atoms with van der Waals surface area (Å²) >= 11 is 0. The Morgan fingerprint density at radius 3 is 2.13 bits per heavy atom. The summed E-state index contributed by atoms with van der Waals surface area (Å²) in [6.07, 6.45) is 2.22. The van der Waals surface area contributed by atoms with Crippen LogP contribution < -0.4 is 11.5 Å². The van der Waals surface area contributed by atoms with Gasteiger partial charge in [0.2, 0.25) is 0 Å². The molecule has 0 radical (unpaired) electrons. The number of benzene rings is 2. The SMILES string of the molecule is NCCCC[C@H](N)C(=O)c1ccccc1C(=O)c1ccccc1. The molecule has 0 aliphatic rings. The number of nitrogens with two attached hydrogens (primary N) is 2. The third-order valence-electron chi connectivity index (χ3n) is 3.78. The Labute approximate surface area is 136 Å². The second-order valence-electron chi connectivity index (χ2n) is 5.50. The molecule has 0 spiro atoms. The number of hydrogen-bond acceptors (Lipinski definition) is 4. The van der Waals surface area contributed by atoms with E-state index in [1.807, 2.05) is 6.07 Å². The second kappa shape index (κ2) is 8.36. The van der Waals surface area contributed by atoms with E-state index < -0.39 is 6.04 Å². The fraction of sp³-hybridized carbons (Fsp3) is 0.263. The maximum atomic E-state index is 12.6. The molecule has 0 amide bonds. The summed E-state index contributed by atoms with van der Waals surface area (Å²) in [5, 5.41) is 0. The van der Waals surface area contributed by atoms with Gasteiger partial charge in [-0.2, -0.15) is 0 Å². The summed E-state index contributed by atoms with van der Waals surface area (Å²) in [6, 6.07) is 15.2. The molecule has 0 aliphatic heterocycles. The first-order chi connectivity index (χ1) is 11.1. The Hall–Kier alpha value is -2.30. The van der Waals surface area contributed by atoms with Gasteiger partial charge in [-0.25, -0.2) is 0 Å². The standard InChI is InChI=1S/C19H22N2O2/c20-13-7-6-12-17(21)19(23)16-11-5-4-10-15(16)18(22)14-8-2-1-3-9-14/h1-5,8-11,17H,6-7,12-13,20-21H2/t17-/m0/s1. The van der Waals surface area contributed by atoms with E-state index >= 15 is 0 Å². The molecule has 4 nitrogen and oxygen atoms in total. The van der Waals surface area contributed by atoms with Crippen LogP contribution in [0.2, 0.25) is 0 Å². The van der Waals surface area contributed by atoms with Crippen molar-refractivity contribution >= 4 is 11.6 Å². The van der Waals surface area contributed by atoms with Crippen LogP contribution in [0.15, 0.2) is 54.6 Å². The molecule has 2 rings (SSSR count). The van der Waals surface area contributed by atoms with Crippen molar-refractivity contribution in [1.29, 1.82) is 0 Å². The predicted octanol–water partition coefficient (Wildman–Crippen LogP) is 2.56. The fourth-order valence-corrected chi connectivity index (χ4v) is 2.48. The molecule has 0 saturated heterocycles. The number of hydrogen-bond donors (Lipinski definition) is 2. The molecule has 23 heavy (non-hydrogen) atoms. The fourth-order valence-electron chi connectivity index (χ4n) is 2.48. The Bertz CT molecular complexity index is 668. The lowest BCUT2D eigenvalue weighted by Gasteiger charge is -2.13. The van der Waals surface area contributed by atoms with Gasteiger partial charge in [0, 0.05) is 16.7 Å². The summed E-state index contributed by atoms with van der Waals surface area (Å²) in [6.45, 7) is 0.587. The molecule has 0 fully saturated rings. The normalized spacial score (nSPS) is 11.9. The third-order valence-corrected chi connectivity index (χ3v) is 3.78. The molecular weight excluding hydrogens is 288 g/mol. The van der Waals surface area contributed by atoms with Crippen LogP contribution in [0.5, 0.6) is 0 Å². The average Bonchev–Trinajstić information content (AvgIpc) is 2.61. The van der Waals surface area contributed by atoms with Gasteiger partial charge in [-0.05, 0) is 19.4 Å². The number of carbonyl (C=O) groups is 2. The lowest BCUT2D eigenvalue weighted by atomic mass is 9.92. The minimum atomic E-state index is -0.605. The first kappa shape index (κ1) is 17.1. The van der Waals surface area contributed by atoms with Crippen molar-refractivity contribution in [3.8, 4) is 0 Å². The van der Waals surface area contributed by atoms with Gasteiger partial charge < -0.3 is 11.5 Å². The molecule has 4 heteroatoms. The molecule has 2 aromatic carbocycles. The minimum absolute atomic E-state index is 0.163. The Morgan fingerprint density at radius 2 is 1.48 bits per heavy atom. The van der Waals surface area contributed by atoms with E-state index in [0.29, 0.717) is 29.7 Å². The number of rotatable bonds is 8. The number of Topliss-reactive ketones (excluding diaryl/α,β-unsaturated/α-hetero) is 1. The van der Waals surface area contributed by atoms with Crippen LogP contribution in [0, 0.1) is 0 Å². The smallest absolute Gasteiger partial charge is 0.193 e. The minimum Gasteiger partial charge on any atom is -0.330 e. The van der Waals surface area contributed by atoms with Gasteiger partial charge in [0.05, 0.1) is 6.04 Å². The highest BCUT2D eigenvalue weighted by Gasteiger charge is 2.22. The van der Waals surface area contributed by atoms with Crippen LogP contribution in [0.1, 0.15) is 45.5 Å². The van der Waals surface area contributed by atoms with Gasteiger partial charge in [0.25, 0.3) is 0 Å². The second-order valence-corrected chi connectivity index (χ2v) is 5.50. The molecule has 120 valence electrons. The van der Waals surface area contributed by atoms with Crippen molar-refractivity contribution < 1.29 is 9.59 Å². The zero-order valence-corrected chi connectivity index (χ0v) is 13.1. The first-order valence-electron chi connectivity index (χ1n) is 7.83. The lowest BCUT2D eigenvalue weighted by molar-refractivity contribution is 0.0944. The van der Waals surface area contributed by atoms with E-state index in [1.54, 1.807) is 48.5 Å². The molecule has 0 bridgehead atoms. The highest BCUT2D eigenvalue weighted by molar-refractivity contribution is 6.16. The Kier molecular flexibility index (Phi) is 6.20. The highest BCUT2D eigenvalue weighted by Crippen LogP contribution is 2.17. The van der Waals surface area contributed by atoms with Crippen molar-refractivity contribution in [1.82, 2.24) is 0 Å². The Morgan fingerprint density at radius 1 is 0.870 bits per heavy atom. The van der Waals surface area contributed by atoms with Gasteiger partial charge in [-0.15, -0.1) is 0 Å². The molecule has 4 N–H and O–H groups in total. The van der Waals surface area contributed by atoms with Crippen molar-refractivity contribution in [3.63, 3.8) is 0 Å². The van der Waals surface area contributed by atoms with Gasteiger partial charge in [0.15, 0.2) is 11.6 Å². The molecular formula is C19H22N2O2. The molecule has 0 saturated carbocycles. The van der Waals surface area contributed by atoms with Crippen LogP contribution in [0.25, 0.3) is 0 Å². The van der Waals surface area contributed by atoms with Crippen LogP contribution >= 0.6 is 0 Å². The number of ketones is 2. The summed E-state index contributed by atoms with van der Waals surface area (Å²) in [5.74, 6) is -0.356. The maximum absolute atomic E-state index is 12.6. The van der Waals surface area contributed by atoms with Gasteiger partial charge in [0.1, 0.15) is 0 Å². The third kappa shape index (κ3) is 4.34. The largest absolute Gasteiger partial charge is 0.330 e. The van der Waals surface area contributed by atoms with E-state index in [4.69, 9.17) is 11.5 Å². The van der Waals surface area contributed by atoms with Gasteiger partial charge >= 0.3 is 0 Å².